The van der Waals surface area contributed by atoms with Gasteiger partial charge in [-0.1, -0.05) is 12.1 Å². The Morgan fingerprint density at radius 2 is 2.15 bits per heavy atom. The van der Waals surface area contributed by atoms with Gasteiger partial charge < -0.3 is 15.8 Å². The van der Waals surface area contributed by atoms with Crippen LogP contribution in [0.2, 0.25) is 0 Å². The molecule has 0 aliphatic heterocycles. The number of aromatic nitrogens is 2. The van der Waals surface area contributed by atoms with Crippen molar-refractivity contribution in [3.8, 4) is 5.88 Å². The van der Waals surface area contributed by atoms with Gasteiger partial charge in [0.1, 0.15) is 12.1 Å². The lowest BCUT2D eigenvalue weighted by molar-refractivity contribution is 0.394. The third-order valence-electron chi connectivity index (χ3n) is 3.09. The summed E-state index contributed by atoms with van der Waals surface area (Å²) < 4.78 is 5.20. The highest BCUT2D eigenvalue weighted by Crippen LogP contribution is 2.24. The number of benzene rings is 1. The van der Waals surface area contributed by atoms with Crippen molar-refractivity contribution in [1.29, 1.82) is 0 Å². The molecule has 3 N–H and O–H groups in total. The van der Waals surface area contributed by atoms with Gasteiger partial charge in [0.05, 0.1) is 12.7 Å². The molecular formula is C15H20N4O. The molecule has 0 aliphatic rings. The second-order valence-corrected chi connectivity index (χ2v) is 4.57. The van der Waals surface area contributed by atoms with Gasteiger partial charge in [0.2, 0.25) is 5.88 Å². The summed E-state index contributed by atoms with van der Waals surface area (Å²) in [6, 6.07) is 8.26. The number of hydrogen-bond acceptors (Lipinski definition) is 5. The van der Waals surface area contributed by atoms with Crippen molar-refractivity contribution in [3.63, 3.8) is 0 Å². The third-order valence-corrected chi connectivity index (χ3v) is 3.09. The van der Waals surface area contributed by atoms with Crippen LogP contribution < -0.4 is 15.8 Å². The van der Waals surface area contributed by atoms with Gasteiger partial charge in [-0.25, -0.2) is 9.97 Å². The number of rotatable bonds is 6. The summed E-state index contributed by atoms with van der Waals surface area (Å²) in [5, 5.41) is 3.30. The first-order chi connectivity index (χ1) is 9.74. The first-order valence-corrected chi connectivity index (χ1v) is 6.66. The molecule has 0 amide bonds. The number of nitrogens with one attached hydrogen (secondary N) is 1. The van der Waals surface area contributed by atoms with Crippen LogP contribution in [0.15, 0.2) is 30.6 Å². The highest BCUT2D eigenvalue weighted by molar-refractivity contribution is 5.61. The van der Waals surface area contributed by atoms with Gasteiger partial charge in [-0.3, -0.25) is 0 Å². The third kappa shape index (κ3) is 3.45. The predicted molar refractivity (Wildman–Crippen MR) is 80.4 cm³/mol. The van der Waals surface area contributed by atoms with Crippen LogP contribution in [-0.2, 0) is 6.42 Å². The Bertz CT molecular complexity index is 572. The van der Waals surface area contributed by atoms with Crippen LogP contribution in [0.3, 0.4) is 0 Å². The van der Waals surface area contributed by atoms with Crippen LogP contribution in [-0.4, -0.2) is 23.6 Å². The summed E-state index contributed by atoms with van der Waals surface area (Å²) >= 11 is 0. The maximum absolute atomic E-state index is 5.54. The SMILES string of the molecule is COc1ncnc(Nc2cccc(CCCN)c2)c1C. The van der Waals surface area contributed by atoms with E-state index in [1.54, 1.807) is 7.11 Å². The number of nitrogens with two attached hydrogens (primary N) is 1. The monoisotopic (exact) mass is 272 g/mol. The number of methoxy groups -OCH3 is 1. The Morgan fingerprint density at radius 1 is 1.30 bits per heavy atom. The van der Waals surface area contributed by atoms with Gasteiger partial charge in [0, 0.05) is 5.69 Å². The first kappa shape index (κ1) is 14.3. The van der Waals surface area contributed by atoms with E-state index >= 15 is 0 Å². The summed E-state index contributed by atoms with van der Waals surface area (Å²) in [6.07, 6.45) is 3.47. The molecule has 0 radical (unpaired) electrons. The van der Waals surface area contributed by atoms with Gasteiger partial charge in [0.15, 0.2) is 0 Å². The zero-order valence-corrected chi connectivity index (χ0v) is 11.9. The molecule has 0 spiro atoms. The summed E-state index contributed by atoms with van der Waals surface area (Å²) in [6.45, 7) is 2.64. The minimum absolute atomic E-state index is 0.585. The first-order valence-electron chi connectivity index (χ1n) is 6.66. The van der Waals surface area contributed by atoms with Gasteiger partial charge >= 0.3 is 0 Å². The molecule has 5 nitrogen and oxygen atoms in total. The van der Waals surface area contributed by atoms with E-state index in [4.69, 9.17) is 10.5 Å². The van der Waals surface area contributed by atoms with Crippen molar-refractivity contribution in [2.24, 2.45) is 5.73 Å². The molecule has 0 aliphatic carbocycles. The van der Waals surface area contributed by atoms with Crippen molar-refractivity contribution in [2.45, 2.75) is 19.8 Å². The highest BCUT2D eigenvalue weighted by atomic mass is 16.5. The number of nitrogens with zero attached hydrogens (tertiary/aromatic N) is 2. The second-order valence-electron chi connectivity index (χ2n) is 4.57. The lowest BCUT2D eigenvalue weighted by Crippen LogP contribution is -2.02. The predicted octanol–water partition coefficient (Wildman–Crippen LogP) is 2.43. The summed E-state index contributed by atoms with van der Waals surface area (Å²) in [5.41, 5.74) is 8.70. The molecule has 2 aromatic rings. The second kappa shape index (κ2) is 6.86. The number of anilines is 2. The number of ether oxygens (including phenoxy) is 1. The average molecular weight is 272 g/mol. The fourth-order valence-corrected chi connectivity index (χ4v) is 2.01. The molecule has 0 saturated carbocycles. The molecule has 0 bridgehead atoms. The zero-order valence-electron chi connectivity index (χ0n) is 11.9. The van der Waals surface area contributed by atoms with Crippen molar-refractivity contribution < 1.29 is 4.74 Å². The fraction of sp³-hybridized carbons (Fsp3) is 0.333. The van der Waals surface area contributed by atoms with Gasteiger partial charge in [-0.2, -0.15) is 0 Å². The smallest absolute Gasteiger partial charge is 0.221 e. The normalized spacial score (nSPS) is 10.3. The Morgan fingerprint density at radius 3 is 2.90 bits per heavy atom. The molecule has 20 heavy (non-hydrogen) atoms. The lowest BCUT2D eigenvalue weighted by atomic mass is 10.1. The standard InChI is InChI=1S/C15H20N4O/c1-11-14(17-10-18-15(11)20-2)19-13-7-3-5-12(9-13)6-4-8-16/h3,5,7,9-10H,4,6,8,16H2,1-2H3,(H,17,18,19). The topological polar surface area (TPSA) is 73.1 Å². The Labute approximate surface area is 119 Å². The molecule has 1 aromatic carbocycles. The Hall–Kier alpha value is -2.14. The van der Waals surface area contributed by atoms with E-state index in [-0.39, 0.29) is 0 Å². The van der Waals surface area contributed by atoms with Gasteiger partial charge in [-0.15, -0.1) is 0 Å². The van der Waals surface area contributed by atoms with E-state index in [9.17, 15) is 0 Å². The highest BCUT2D eigenvalue weighted by Gasteiger charge is 2.07. The van der Waals surface area contributed by atoms with Crippen molar-refractivity contribution in [2.75, 3.05) is 19.0 Å². The summed E-state index contributed by atoms with van der Waals surface area (Å²) in [5.74, 6) is 1.34. The Balaban J connectivity index is 2.17. The van der Waals surface area contributed by atoms with E-state index in [1.165, 1.54) is 11.9 Å². The number of hydrogen-bond donors (Lipinski definition) is 2. The molecule has 0 unspecified atom stereocenters. The van der Waals surface area contributed by atoms with Crippen molar-refractivity contribution in [1.82, 2.24) is 9.97 Å². The maximum atomic E-state index is 5.54. The molecule has 2 rings (SSSR count). The molecule has 1 heterocycles. The zero-order chi connectivity index (χ0) is 14.4. The van der Waals surface area contributed by atoms with Crippen LogP contribution >= 0.6 is 0 Å². The van der Waals surface area contributed by atoms with Crippen LogP contribution in [0.1, 0.15) is 17.5 Å². The largest absolute Gasteiger partial charge is 0.481 e. The summed E-state index contributed by atoms with van der Waals surface area (Å²) in [4.78, 5) is 8.32. The van der Waals surface area contributed by atoms with Gasteiger partial charge in [0.25, 0.3) is 0 Å². The van der Waals surface area contributed by atoms with E-state index in [0.29, 0.717) is 12.4 Å². The number of aryl methyl sites for hydroxylation is 1. The fourth-order valence-electron chi connectivity index (χ4n) is 2.01. The Kier molecular flexibility index (Phi) is 4.90. The average Bonchev–Trinajstić information content (AvgIpc) is 2.48. The molecule has 0 atom stereocenters. The van der Waals surface area contributed by atoms with Crippen molar-refractivity contribution >= 4 is 11.5 Å². The quantitative estimate of drug-likeness (QED) is 0.845. The van der Waals surface area contributed by atoms with Crippen molar-refractivity contribution in [3.05, 3.63) is 41.7 Å². The molecule has 0 saturated heterocycles. The minimum atomic E-state index is 0.585. The van der Waals surface area contributed by atoms with Crippen LogP contribution in [0, 0.1) is 6.92 Å². The van der Waals surface area contributed by atoms with Crippen LogP contribution in [0.5, 0.6) is 5.88 Å². The molecule has 5 heteroatoms. The molecule has 0 fully saturated rings. The van der Waals surface area contributed by atoms with E-state index in [1.807, 2.05) is 19.1 Å². The van der Waals surface area contributed by atoms with Crippen LogP contribution in [0.4, 0.5) is 11.5 Å². The maximum Gasteiger partial charge on any atom is 0.221 e. The molecular weight excluding hydrogens is 252 g/mol. The van der Waals surface area contributed by atoms with E-state index in [0.717, 1.165) is 29.9 Å². The molecule has 1 aromatic heterocycles. The summed E-state index contributed by atoms with van der Waals surface area (Å²) in [7, 11) is 1.60. The van der Waals surface area contributed by atoms with Crippen LogP contribution in [0.25, 0.3) is 0 Å². The minimum Gasteiger partial charge on any atom is -0.481 e. The van der Waals surface area contributed by atoms with E-state index < -0.39 is 0 Å². The molecule has 106 valence electrons. The van der Waals surface area contributed by atoms with Gasteiger partial charge in [-0.05, 0) is 44.0 Å². The van der Waals surface area contributed by atoms with E-state index in [2.05, 4.69) is 27.4 Å². The lowest BCUT2D eigenvalue weighted by Gasteiger charge is -2.11.